The van der Waals surface area contributed by atoms with Crippen LogP contribution in [0, 0.1) is 17.1 Å². The number of hydrogen-bond acceptors (Lipinski definition) is 5. The maximum Gasteiger partial charge on any atom is 0.262 e. The number of nitriles is 1. The van der Waals surface area contributed by atoms with E-state index in [1.807, 2.05) is 12.1 Å². The van der Waals surface area contributed by atoms with Crippen molar-refractivity contribution in [2.75, 3.05) is 6.79 Å². The number of amides is 1. The topological polar surface area (TPSA) is 80.6 Å². The Hall–Kier alpha value is -4.02. The molecule has 1 N–H and O–H groups in total. The Morgan fingerprint density at radius 2 is 1.94 bits per heavy atom. The van der Waals surface area contributed by atoms with Gasteiger partial charge in [0.05, 0.1) is 5.02 Å². The maximum absolute atomic E-state index is 13.9. The van der Waals surface area contributed by atoms with Crippen LogP contribution in [0.3, 0.4) is 0 Å². The summed E-state index contributed by atoms with van der Waals surface area (Å²) in [6.45, 7) is 0.388. The van der Waals surface area contributed by atoms with E-state index in [-0.39, 0.29) is 31.1 Å². The molecule has 0 fully saturated rings. The number of carbonyl (C=O) groups excluding carboxylic acids is 1. The number of benzene rings is 3. The third-order valence-corrected chi connectivity index (χ3v) is 5.25. The summed E-state index contributed by atoms with van der Waals surface area (Å²) < 4.78 is 30.0. The molecular formula is C25H18ClFN2O4. The van der Waals surface area contributed by atoms with Gasteiger partial charge in [-0.3, -0.25) is 4.79 Å². The van der Waals surface area contributed by atoms with Crippen LogP contribution in [-0.2, 0) is 17.9 Å². The average molecular weight is 465 g/mol. The van der Waals surface area contributed by atoms with Crippen LogP contribution in [0.15, 0.2) is 66.2 Å². The van der Waals surface area contributed by atoms with Crippen LogP contribution in [0.25, 0.3) is 6.08 Å². The smallest absolute Gasteiger partial charge is 0.262 e. The Balaban J connectivity index is 1.36. The van der Waals surface area contributed by atoms with E-state index in [4.69, 9.17) is 25.8 Å². The van der Waals surface area contributed by atoms with Gasteiger partial charge in [0.25, 0.3) is 5.91 Å². The molecule has 0 spiro atoms. The molecule has 1 aliphatic heterocycles. The second-order valence-electron chi connectivity index (χ2n) is 7.10. The van der Waals surface area contributed by atoms with Crippen LogP contribution in [-0.4, -0.2) is 12.7 Å². The molecule has 0 atom stereocenters. The highest BCUT2D eigenvalue weighted by molar-refractivity contribution is 6.31. The van der Waals surface area contributed by atoms with Gasteiger partial charge in [0.2, 0.25) is 6.79 Å². The summed E-state index contributed by atoms with van der Waals surface area (Å²) in [6.07, 6.45) is 1.48. The molecule has 0 radical (unpaired) electrons. The number of ether oxygens (including phenoxy) is 3. The molecule has 8 heteroatoms. The van der Waals surface area contributed by atoms with Crippen LogP contribution < -0.4 is 19.5 Å². The first-order valence-electron chi connectivity index (χ1n) is 9.98. The minimum absolute atomic E-state index is 0.0214. The Bertz CT molecular complexity index is 1230. The lowest BCUT2D eigenvalue weighted by atomic mass is 10.1. The molecule has 6 nitrogen and oxygen atoms in total. The summed E-state index contributed by atoms with van der Waals surface area (Å²) in [5, 5.41) is 12.4. The molecule has 33 heavy (non-hydrogen) atoms. The Kier molecular flexibility index (Phi) is 6.77. The van der Waals surface area contributed by atoms with Crippen molar-refractivity contribution < 1.29 is 23.4 Å². The molecule has 3 aromatic carbocycles. The van der Waals surface area contributed by atoms with Crippen LogP contribution >= 0.6 is 11.6 Å². The van der Waals surface area contributed by atoms with Crippen LogP contribution in [0.2, 0.25) is 5.02 Å². The van der Waals surface area contributed by atoms with Crippen molar-refractivity contribution >= 4 is 23.6 Å². The van der Waals surface area contributed by atoms with E-state index in [2.05, 4.69) is 5.32 Å². The molecule has 0 bridgehead atoms. The van der Waals surface area contributed by atoms with Gasteiger partial charge in [-0.05, 0) is 53.6 Å². The highest BCUT2D eigenvalue weighted by Crippen LogP contribution is 2.32. The summed E-state index contributed by atoms with van der Waals surface area (Å²) in [5.41, 5.74) is 1.69. The predicted molar refractivity (Wildman–Crippen MR) is 120 cm³/mol. The molecule has 0 saturated heterocycles. The van der Waals surface area contributed by atoms with E-state index < -0.39 is 11.7 Å². The quantitative estimate of drug-likeness (QED) is 0.392. The van der Waals surface area contributed by atoms with Gasteiger partial charge in [-0.25, -0.2) is 4.39 Å². The Morgan fingerprint density at radius 1 is 1.15 bits per heavy atom. The second-order valence-corrected chi connectivity index (χ2v) is 7.51. The minimum Gasteiger partial charge on any atom is -0.489 e. The lowest BCUT2D eigenvalue weighted by Crippen LogP contribution is -2.23. The van der Waals surface area contributed by atoms with Crippen molar-refractivity contribution in [1.82, 2.24) is 5.32 Å². The molecule has 0 unspecified atom stereocenters. The number of fused-ring (bicyclic) bond motifs is 1. The zero-order valence-corrected chi connectivity index (χ0v) is 18.1. The SMILES string of the molecule is N#C/C(=C\c1ccc(OCc2c(F)cccc2Cl)cc1)C(=O)NCc1ccc2c(c1)OCO2. The van der Waals surface area contributed by atoms with Crippen molar-refractivity contribution in [2.24, 2.45) is 0 Å². The lowest BCUT2D eigenvalue weighted by Gasteiger charge is -2.09. The van der Waals surface area contributed by atoms with Gasteiger partial charge in [0.1, 0.15) is 29.8 Å². The maximum atomic E-state index is 13.9. The molecule has 0 aromatic heterocycles. The van der Waals surface area contributed by atoms with E-state index in [9.17, 15) is 14.4 Å². The van der Waals surface area contributed by atoms with Crippen molar-refractivity contribution in [3.05, 3.63) is 93.8 Å². The Labute approximate surface area is 194 Å². The molecule has 0 aliphatic carbocycles. The average Bonchev–Trinajstić information content (AvgIpc) is 3.29. The van der Waals surface area contributed by atoms with Gasteiger partial charge >= 0.3 is 0 Å². The number of rotatable bonds is 7. The highest BCUT2D eigenvalue weighted by atomic mass is 35.5. The molecule has 4 rings (SSSR count). The first-order valence-corrected chi connectivity index (χ1v) is 10.4. The third-order valence-electron chi connectivity index (χ3n) is 4.89. The molecule has 1 aliphatic rings. The fraction of sp³-hybridized carbons (Fsp3) is 0.120. The summed E-state index contributed by atoms with van der Waals surface area (Å²) >= 11 is 6.01. The predicted octanol–water partition coefficient (Wildman–Crippen LogP) is 5.01. The van der Waals surface area contributed by atoms with Gasteiger partial charge < -0.3 is 19.5 Å². The number of carbonyl (C=O) groups is 1. The monoisotopic (exact) mass is 464 g/mol. The van der Waals surface area contributed by atoms with E-state index in [0.717, 1.165) is 5.56 Å². The summed E-state index contributed by atoms with van der Waals surface area (Å²) in [4.78, 5) is 12.4. The molecule has 166 valence electrons. The number of nitrogens with one attached hydrogen (secondary N) is 1. The first kappa shape index (κ1) is 22.2. The molecule has 3 aromatic rings. The molecule has 1 amide bonds. The van der Waals surface area contributed by atoms with Crippen LogP contribution in [0.1, 0.15) is 16.7 Å². The fourth-order valence-corrected chi connectivity index (χ4v) is 3.35. The van der Waals surface area contributed by atoms with Gasteiger partial charge in [0.15, 0.2) is 11.5 Å². The molecular weight excluding hydrogens is 447 g/mol. The fourth-order valence-electron chi connectivity index (χ4n) is 3.13. The highest BCUT2D eigenvalue weighted by Gasteiger charge is 2.14. The molecule has 0 saturated carbocycles. The van der Waals surface area contributed by atoms with E-state index >= 15 is 0 Å². The zero-order valence-electron chi connectivity index (χ0n) is 17.3. The van der Waals surface area contributed by atoms with Gasteiger partial charge in [-0.15, -0.1) is 0 Å². The standard InChI is InChI=1S/C25H18ClFN2O4/c26-21-2-1-3-22(27)20(21)14-31-19-7-4-16(5-8-19)10-18(12-28)25(30)29-13-17-6-9-23-24(11-17)33-15-32-23/h1-11H,13-15H2,(H,29,30)/b18-10+. The largest absolute Gasteiger partial charge is 0.489 e. The van der Waals surface area contributed by atoms with Gasteiger partial charge in [-0.2, -0.15) is 5.26 Å². The summed E-state index contributed by atoms with van der Waals surface area (Å²) in [7, 11) is 0. The van der Waals surface area contributed by atoms with Gasteiger partial charge in [-0.1, -0.05) is 35.9 Å². The number of nitrogens with zero attached hydrogens (tertiary/aromatic N) is 1. The summed E-state index contributed by atoms with van der Waals surface area (Å²) in [5.74, 6) is 0.846. The lowest BCUT2D eigenvalue weighted by molar-refractivity contribution is -0.117. The van der Waals surface area contributed by atoms with E-state index in [1.54, 1.807) is 42.5 Å². The van der Waals surface area contributed by atoms with Crippen molar-refractivity contribution in [2.45, 2.75) is 13.2 Å². The van der Waals surface area contributed by atoms with Crippen molar-refractivity contribution in [3.8, 4) is 23.3 Å². The van der Waals surface area contributed by atoms with Crippen molar-refractivity contribution in [3.63, 3.8) is 0 Å². The Morgan fingerprint density at radius 3 is 2.70 bits per heavy atom. The van der Waals surface area contributed by atoms with Crippen LogP contribution in [0.4, 0.5) is 4.39 Å². The normalized spacial score (nSPS) is 12.2. The molecule has 1 heterocycles. The zero-order chi connectivity index (χ0) is 23.2. The van der Waals surface area contributed by atoms with Gasteiger partial charge in [0, 0.05) is 12.1 Å². The van der Waals surface area contributed by atoms with E-state index in [1.165, 1.54) is 18.2 Å². The van der Waals surface area contributed by atoms with E-state index in [0.29, 0.717) is 27.8 Å². The summed E-state index contributed by atoms with van der Waals surface area (Å²) in [6, 6.07) is 18.5. The first-order chi connectivity index (χ1) is 16.0. The van der Waals surface area contributed by atoms with Crippen molar-refractivity contribution in [1.29, 1.82) is 5.26 Å². The number of halogens is 2. The number of hydrogen-bond donors (Lipinski definition) is 1. The second kappa shape index (κ2) is 10.1. The third kappa shape index (κ3) is 5.43. The van der Waals surface area contributed by atoms with Crippen LogP contribution in [0.5, 0.6) is 17.2 Å². The minimum atomic E-state index is -0.496.